The second-order valence-corrected chi connectivity index (χ2v) is 6.89. The molecule has 0 aliphatic heterocycles. The number of unbranched alkanes of at least 4 members (excludes halogenated alkanes) is 12. The van der Waals surface area contributed by atoms with Crippen molar-refractivity contribution in [1.82, 2.24) is 4.90 Å². The van der Waals surface area contributed by atoms with Gasteiger partial charge in [-0.2, -0.15) is 0 Å². The predicted molar refractivity (Wildman–Crippen MR) is 97.4 cm³/mol. The predicted octanol–water partition coefficient (Wildman–Crippen LogP) is 1.54. The van der Waals surface area contributed by atoms with E-state index >= 15 is 0 Å². The van der Waals surface area contributed by atoms with Crippen LogP contribution in [0.2, 0.25) is 0 Å². The average Bonchev–Trinajstić information content (AvgIpc) is 2.52. The van der Waals surface area contributed by atoms with Crippen LogP contribution in [0.25, 0.3) is 0 Å². The van der Waals surface area contributed by atoms with E-state index in [1.54, 1.807) is 0 Å². The Kier molecular flexibility index (Phi) is 23.8. The molecular formula is C20H40NNaO2. The number of carboxylic acids is 1. The van der Waals surface area contributed by atoms with E-state index in [4.69, 9.17) is 0 Å². The standard InChI is InChI=1S/C20H41NO2.Na/c1-3-5-7-9-11-13-15-17-21(19-20(22)23)18-16-14-12-10-8-6-4-2;/h3-19H2,1-2H3,(H,22,23);/q;+1/p-1. The van der Waals surface area contributed by atoms with E-state index in [1.807, 2.05) is 0 Å². The molecule has 24 heavy (non-hydrogen) atoms. The molecule has 0 heterocycles. The van der Waals surface area contributed by atoms with Gasteiger partial charge in [-0.1, -0.05) is 90.9 Å². The number of carboxylic acid groups (broad SMARTS) is 1. The minimum Gasteiger partial charge on any atom is -0.549 e. The maximum atomic E-state index is 10.9. The van der Waals surface area contributed by atoms with Gasteiger partial charge in [-0.3, -0.25) is 4.90 Å². The third-order valence-electron chi connectivity index (χ3n) is 4.51. The SMILES string of the molecule is CCCCCCCCCN(CCCCCCCCC)CC(=O)[O-].[Na+]. The van der Waals surface area contributed by atoms with Crippen molar-refractivity contribution in [3.8, 4) is 0 Å². The Labute approximate surface area is 173 Å². The van der Waals surface area contributed by atoms with Gasteiger partial charge >= 0.3 is 29.6 Å². The summed E-state index contributed by atoms with van der Waals surface area (Å²) in [4.78, 5) is 12.9. The Morgan fingerprint density at radius 3 is 1.33 bits per heavy atom. The zero-order valence-electron chi connectivity index (χ0n) is 16.8. The Balaban J connectivity index is 0. The Morgan fingerprint density at radius 2 is 1.00 bits per heavy atom. The summed E-state index contributed by atoms with van der Waals surface area (Å²) in [7, 11) is 0. The quantitative estimate of drug-likeness (QED) is 0.278. The van der Waals surface area contributed by atoms with Crippen molar-refractivity contribution in [1.29, 1.82) is 0 Å². The van der Waals surface area contributed by atoms with Crippen molar-refractivity contribution in [3.63, 3.8) is 0 Å². The molecule has 0 aromatic heterocycles. The Morgan fingerprint density at radius 1 is 0.667 bits per heavy atom. The largest absolute Gasteiger partial charge is 1.00 e. The van der Waals surface area contributed by atoms with Gasteiger partial charge in [0, 0.05) is 6.54 Å². The van der Waals surface area contributed by atoms with Gasteiger partial charge in [0.1, 0.15) is 0 Å². The van der Waals surface area contributed by atoms with E-state index in [-0.39, 0.29) is 36.1 Å². The molecule has 3 nitrogen and oxygen atoms in total. The molecule has 138 valence electrons. The number of hydrogen-bond donors (Lipinski definition) is 0. The molecule has 0 rings (SSSR count). The smallest absolute Gasteiger partial charge is 0.549 e. The Bertz CT molecular complexity index is 244. The zero-order chi connectivity index (χ0) is 17.2. The first-order chi connectivity index (χ1) is 11.2. The first-order valence-electron chi connectivity index (χ1n) is 10.1. The van der Waals surface area contributed by atoms with E-state index in [0.29, 0.717) is 0 Å². The first kappa shape index (κ1) is 26.7. The molecule has 0 saturated heterocycles. The third kappa shape index (κ3) is 20.5. The van der Waals surface area contributed by atoms with Gasteiger partial charge in [0.25, 0.3) is 0 Å². The number of aliphatic carboxylic acids is 1. The second kappa shape index (κ2) is 21.5. The summed E-state index contributed by atoms with van der Waals surface area (Å²) < 4.78 is 0. The number of hydrogen-bond acceptors (Lipinski definition) is 3. The fourth-order valence-corrected chi connectivity index (χ4v) is 3.04. The van der Waals surface area contributed by atoms with Crippen LogP contribution >= 0.6 is 0 Å². The molecule has 0 aromatic carbocycles. The van der Waals surface area contributed by atoms with E-state index in [9.17, 15) is 9.90 Å². The van der Waals surface area contributed by atoms with Gasteiger partial charge in [-0.25, -0.2) is 0 Å². The summed E-state index contributed by atoms with van der Waals surface area (Å²) in [5.74, 6) is -0.934. The van der Waals surface area contributed by atoms with Gasteiger partial charge < -0.3 is 9.90 Å². The van der Waals surface area contributed by atoms with Crippen LogP contribution in [0.1, 0.15) is 104 Å². The molecule has 0 unspecified atom stereocenters. The monoisotopic (exact) mass is 349 g/mol. The van der Waals surface area contributed by atoms with Crippen molar-refractivity contribution in [2.24, 2.45) is 0 Å². The van der Waals surface area contributed by atoms with Gasteiger partial charge in [0.15, 0.2) is 0 Å². The fourth-order valence-electron chi connectivity index (χ4n) is 3.04. The number of rotatable bonds is 18. The minimum absolute atomic E-state index is 0. The molecule has 0 saturated carbocycles. The van der Waals surface area contributed by atoms with E-state index in [2.05, 4.69) is 18.7 Å². The summed E-state index contributed by atoms with van der Waals surface area (Å²) in [6.45, 7) is 6.41. The van der Waals surface area contributed by atoms with Gasteiger partial charge in [0.2, 0.25) is 0 Å². The number of carbonyl (C=O) groups is 1. The molecule has 0 aromatic rings. The summed E-state index contributed by atoms with van der Waals surface area (Å²) in [5, 5.41) is 10.9. The Hall–Kier alpha value is 0.430. The number of nitrogens with zero attached hydrogens (tertiary/aromatic N) is 1. The van der Waals surface area contributed by atoms with Crippen molar-refractivity contribution >= 4 is 5.97 Å². The molecule has 0 atom stereocenters. The average molecular weight is 350 g/mol. The second-order valence-electron chi connectivity index (χ2n) is 6.89. The summed E-state index contributed by atoms with van der Waals surface area (Å²) in [5.41, 5.74) is 0. The number of carbonyl (C=O) groups excluding carboxylic acids is 1. The zero-order valence-corrected chi connectivity index (χ0v) is 18.8. The van der Waals surface area contributed by atoms with Crippen LogP contribution in [-0.4, -0.2) is 30.5 Å². The minimum atomic E-state index is -0.934. The first-order valence-corrected chi connectivity index (χ1v) is 10.1. The molecule has 0 amide bonds. The molecule has 0 fully saturated rings. The van der Waals surface area contributed by atoms with Gasteiger partial charge in [0.05, 0.1) is 5.97 Å². The van der Waals surface area contributed by atoms with Crippen LogP contribution in [-0.2, 0) is 4.79 Å². The van der Waals surface area contributed by atoms with Crippen LogP contribution in [0.5, 0.6) is 0 Å². The third-order valence-corrected chi connectivity index (χ3v) is 4.51. The molecule has 0 N–H and O–H groups in total. The van der Waals surface area contributed by atoms with Crippen LogP contribution in [0.4, 0.5) is 0 Å². The molecule has 0 aliphatic rings. The summed E-state index contributed by atoms with van der Waals surface area (Å²) >= 11 is 0. The molecule has 0 radical (unpaired) electrons. The van der Waals surface area contributed by atoms with Crippen molar-refractivity contribution in [3.05, 3.63) is 0 Å². The van der Waals surface area contributed by atoms with Crippen LogP contribution in [0.3, 0.4) is 0 Å². The normalized spacial score (nSPS) is 10.8. The summed E-state index contributed by atoms with van der Waals surface area (Å²) in [6.07, 6.45) is 17.9. The van der Waals surface area contributed by atoms with Crippen molar-refractivity contribution in [2.75, 3.05) is 19.6 Å². The van der Waals surface area contributed by atoms with Crippen molar-refractivity contribution < 1.29 is 39.5 Å². The van der Waals surface area contributed by atoms with E-state index < -0.39 is 5.97 Å². The van der Waals surface area contributed by atoms with Crippen LogP contribution in [0.15, 0.2) is 0 Å². The molecule has 0 aliphatic carbocycles. The fraction of sp³-hybridized carbons (Fsp3) is 0.950. The maximum absolute atomic E-state index is 10.9. The maximum Gasteiger partial charge on any atom is 1.00 e. The van der Waals surface area contributed by atoms with Crippen LogP contribution in [0, 0.1) is 0 Å². The topological polar surface area (TPSA) is 43.4 Å². The van der Waals surface area contributed by atoms with Crippen LogP contribution < -0.4 is 34.7 Å². The van der Waals surface area contributed by atoms with E-state index in [0.717, 1.165) is 25.9 Å². The summed E-state index contributed by atoms with van der Waals surface area (Å²) in [6, 6.07) is 0. The van der Waals surface area contributed by atoms with E-state index in [1.165, 1.54) is 77.0 Å². The van der Waals surface area contributed by atoms with Gasteiger partial charge in [-0.05, 0) is 25.9 Å². The molecular weight excluding hydrogens is 309 g/mol. The molecule has 4 heteroatoms. The van der Waals surface area contributed by atoms with Crippen molar-refractivity contribution in [2.45, 2.75) is 104 Å². The van der Waals surface area contributed by atoms with Gasteiger partial charge in [-0.15, -0.1) is 0 Å². The molecule has 0 bridgehead atoms. The molecule has 0 spiro atoms.